The van der Waals surface area contributed by atoms with Crippen LogP contribution >= 0.6 is 0 Å². The molecule has 0 bridgehead atoms. The summed E-state index contributed by atoms with van der Waals surface area (Å²) in [6.07, 6.45) is 5.88. The minimum absolute atomic E-state index is 0.214. The van der Waals surface area contributed by atoms with Crippen molar-refractivity contribution < 1.29 is 4.79 Å². The standard InChI is InChI=1S/C12H24N2O/c1-10-5-4-6-11(9-10)13-8-7-12(15)14(2)3/h10-11,13H,4-9H2,1-3H3. The number of rotatable bonds is 4. The molecule has 88 valence electrons. The lowest BCUT2D eigenvalue weighted by molar-refractivity contribution is -0.128. The van der Waals surface area contributed by atoms with Crippen molar-refractivity contribution in [1.29, 1.82) is 0 Å². The number of nitrogens with one attached hydrogen (secondary N) is 1. The first-order valence-corrected chi connectivity index (χ1v) is 6.03. The topological polar surface area (TPSA) is 32.3 Å². The lowest BCUT2D eigenvalue weighted by Gasteiger charge is -2.27. The van der Waals surface area contributed by atoms with Gasteiger partial charge in [-0.15, -0.1) is 0 Å². The second-order valence-corrected chi connectivity index (χ2v) is 4.96. The van der Waals surface area contributed by atoms with Crippen LogP contribution in [-0.2, 0) is 4.79 Å². The van der Waals surface area contributed by atoms with E-state index in [0.717, 1.165) is 12.5 Å². The number of amides is 1. The Morgan fingerprint density at radius 1 is 1.40 bits per heavy atom. The number of carbonyl (C=O) groups is 1. The predicted molar refractivity (Wildman–Crippen MR) is 62.7 cm³/mol. The monoisotopic (exact) mass is 212 g/mol. The molecule has 2 unspecified atom stereocenters. The van der Waals surface area contributed by atoms with Gasteiger partial charge in [-0.2, -0.15) is 0 Å². The molecule has 0 spiro atoms. The van der Waals surface area contributed by atoms with Crippen LogP contribution in [0.5, 0.6) is 0 Å². The van der Waals surface area contributed by atoms with Crippen LogP contribution in [0.15, 0.2) is 0 Å². The fourth-order valence-corrected chi connectivity index (χ4v) is 2.23. The molecule has 1 aliphatic carbocycles. The SMILES string of the molecule is CC1CCCC(NCCC(=O)N(C)C)C1. The molecule has 1 aliphatic rings. The molecule has 0 aromatic heterocycles. The van der Waals surface area contributed by atoms with Gasteiger partial charge in [-0.05, 0) is 18.8 Å². The molecule has 1 N–H and O–H groups in total. The maximum atomic E-state index is 11.3. The van der Waals surface area contributed by atoms with Crippen molar-refractivity contribution in [2.75, 3.05) is 20.6 Å². The summed E-state index contributed by atoms with van der Waals surface area (Å²) < 4.78 is 0. The van der Waals surface area contributed by atoms with Crippen LogP contribution in [0.25, 0.3) is 0 Å². The van der Waals surface area contributed by atoms with Crippen molar-refractivity contribution in [3.63, 3.8) is 0 Å². The van der Waals surface area contributed by atoms with Gasteiger partial charge in [0.25, 0.3) is 0 Å². The normalized spacial score (nSPS) is 26.3. The van der Waals surface area contributed by atoms with Gasteiger partial charge in [-0.1, -0.05) is 19.8 Å². The van der Waals surface area contributed by atoms with Gasteiger partial charge in [0, 0.05) is 33.1 Å². The Labute approximate surface area is 93.2 Å². The zero-order chi connectivity index (χ0) is 11.3. The summed E-state index contributed by atoms with van der Waals surface area (Å²) in [5.74, 6) is 1.06. The number of hydrogen-bond donors (Lipinski definition) is 1. The first-order chi connectivity index (χ1) is 7.09. The molecule has 0 radical (unpaired) electrons. The fraction of sp³-hybridized carbons (Fsp3) is 0.917. The highest BCUT2D eigenvalue weighted by Crippen LogP contribution is 2.23. The van der Waals surface area contributed by atoms with Gasteiger partial charge in [0.1, 0.15) is 0 Å². The third-order valence-electron chi connectivity index (χ3n) is 3.21. The molecule has 2 atom stereocenters. The highest BCUT2D eigenvalue weighted by molar-refractivity contribution is 5.75. The molecule has 0 heterocycles. The van der Waals surface area contributed by atoms with Crippen molar-refractivity contribution in [2.45, 2.75) is 45.1 Å². The maximum Gasteiger partial charge on any atom is 0.223 e. The van der Waals surface area contributed by atoms with Crippen molar-refractivity contribution in [2.24, 2.45) is 5.92 Å². The Morgan fingerprint density at radius 2 is 2.13 bits per heavy atom. The average molecular weight is 212 g/mol. The quantitative estimate of drug-likeness (QED) is 0.768. The van der Waals surface area contributed by atoms with Crippen molar-refractivity contribution in [3.05, 3.63) is 0 Å². The molecule has 3 heteroatoms. The van der Waals surface area contributed by atoms with E-state index in [1.54, 1.807) is 4.90 Å². The Bertz CT molecular complexity index is 204. The summed E-state index contributed by atoms with van der Waals surface area (Å²) in [6.45, 7) is 3.15. The zero-order valence-corrected chi connectivity index (χ0v) is 10.3. The molecule has 1 saturated carbocycles. The van der Waals surface area contributed by atoms with Gasteiger partial charge in [0.2, 0.25) is 5.91 Å². The fourth-order valence-electron chi connectivity index (χ4n) is 2.23. The number of carbonyl (C=O) groups excluding carboxylic acids is 1. The average Bonchev–Trinajstić information content (AvgIpc) is 2.17. The van der Waals surface area contributed by atoms with Crippen LogP contribution in [0, 0.1) is 5.92 Å². The van der Waals surface area contributed by atoms with E-state index in [9.17, 15) is 4.79 Å². The van der Waals surface area contributed by atoms with E-state index in [2.05, 4.69) is 12.2 Å². The molecule has 15 heavy (non-hydrogen) atoms. The van der Waals surface area contributed by atoms with Crippen molar-refractivity contribution >= 4 is 5.91 Å². The zero-order valence-electron chi connectivity index (χ0n) is 10.3. The van der Waals surface area contributed by atoms with E-state index in [1.165, 1.54) is 25.7 Å². The first kappa shape index (κ1) is 12.5. The van der Waals surface area contributed by atoms with E-state index in [-0.39, 0.29) is 5.91 Å². The lowest BCUT2D eigenvalue weighted by Crippen LogP contribution is -2.36. The van der Waals surface area contributed by atoms with E-state index in [0.29, 0.717) is 12.5 Å². The smallest absolute Gasteiger partial charge is 0.223 e. The summed E-state index contributed by atoms with van der Waals surface area (Å²) in [4.78, 5) is 13.0. The Morgan fingerprint density at radius 3 is 2.73 bits per heavy atom. The third kappa shape index (κ3) is 4.65. The van der Waals surface area contributed by atoms with Crippen molar-refractivity contribution in [3.8, 4) is 0 Å². The second kappa shape index (κ2) is 6.11. The molecule has 0 saturated heterocycles. The molecule has 0 aromatic rings. The molecular formula is C12H24N2O. The number of hydrogen-bond acceptors (Lipinski definition) is 2. The highest BCUT2D eigenvalue weighted by atomic mass is 16.2. The maximum absolute atomic E-state index is 11.3. The highest BCUT2D eigenvalue weighted by Gasteiger charge is 2.18. The number of nitrogens with zero attached hydrogens (tertiary/aromatic N) is 1. The summed E-state index contributed by atoms with van der Waals surface area (Å²) in [5.41, 5.74) is 0. The third-order valence-corrected chi connectivity index (χ3v) is 3.21. The van der Waals surface area contributed by atoms with Crippen LogP contribution in [0.3, 0.4) is 0 Å². The van der Waals surface area contributed by atoms with E-state index < -0.39 is 0 Å². The summed E-state index contributed by atoms with van der Waals surface area (Å²) in [5, 5.41) is 3.49. The second-order valence-electron chi connectivity index (χ2n) is 4.96. The summed E-state index contributed by atoms with van der Waals surface area (Å²) in [7, 11) is 3.62. The molecular weight excluding hydrogens is 188 g/mol. The Kier molecular flexibility index (Phi) is 5.09. The largest absolute Gasteiger partial charge is 0.349 e. The van der Waals surface area contributed by atoms with Gasteiger partial charge < -0.3 is 10.2 Å². The Balaban J connectivity index is 2.11. The molecule has 1 rings (SSSR count). The molecule has 3 nitrogen and oxygen atoms in total. The van der Waals surface area contributed by atoms with E-state index in [4.69, 9.17) is 0 Å². The molecule has 0 aromatic carbocycles. The minimum Gasteiger partial charge on any atom is -0.349 e. The Hall–Kier alpha value is -0.570. The van der Waals surface area contributed by atoms with E-state index >= 15 is 0 Å². The van der Waals surface area contributed by atoms with Crippen LogP contribution in [0.2, 0.25) is 0 Å². The van der Waals surface area contributed by atoms with Crippen LogP contribution in [0.4, 0.5) is 0 Å². The minimum atomic E-state index is 0.214. The van der Waals surface area contributed by atoms with Gasteiger partial charge in [0.05, 0.1) is 0 Å². The molecule has 1 amide bonds. The van der Waals surface area contributed by atoms with Crippen molar-refractivity contribution in [1.82, 2.24) is 10.2 Å². The van der Waals surface area contributed by atoms with Gasteiger partial charge >= 0.3 is 0 Å². The lowest BCUT2D eigenvalue weighted by atomic mass is 9.87. The summed E-state index contributed by atoms with van der Waals surface area (Å²) in [6, 6.07) is 0.642. The molecule has 1 fully saturated rings. The predicted octanol–water partition coefficient (Wildman–Crippen LogP) is 1.63. The van der Waals surface area contributed by atoms with Crippen LogP contribution in [0.1, 0.15) is 39.0 Å². The first-order valence-electron chi connectivity index (χ1n) is 6.03. The van der Waals surface area contributed by atoms with Crippen LogP contribution in [-0.4, -0.2) is 37.5 Å². The van der Waals surface area contributed by atoms with Gasteiger partial charge in [0.15, 0.2) is 0 Å². The van der Waals surface area contributed by atoms with Gasteiger partial charge in [-0.25, -0.2) is 0 Å². The van der Waals surface area contributed by atoms with Gasteiger partial charge in [-0.3, -0.25) is 4.79 Å². The summed E-state index contributed by atoms with van der Waals surface area (Å²) >= 11 is 0. The van der Waals surface area contributed by atoms with Crippen LogP contribution < -0.4 is 5.32 Å². The van der Waals surface area contributed by atoms with E-state index in [1.807, 2.05) is 14.1 Å². The molecule has 0 aliphatic heterocycles.